The van der Waals surface area contributed by atoms with Gasteiger partial charge in [-0.3, -0.25) is 4.98 Å². The van der Waals surface area contributed by atoms with Gasteiger partial charge in [0.05, 0.1) is 5.69 Å². The molecule has 4 nitrogen and oxygen atoms in total. The van der Waals surface area contributed by atoms with Gasteiger partial charge in [-0.1, -0.05) is 13.8 Å². The van der Waals surface area contributed by atoms with Crippen LogP contribution in [0.25, 0.3) is 0 Å². The molecule has 2 aromatic heterocycles. The summed E-state index contributed by atoms with van der Waals surface area (Å²) in [5.74, 6) is 0. The van der Waals surface area contributed by atoms with Crippen molar-refractivity contribution in [2.45, 2.75) is 33.2 Å². The number of thiazole rings is 1. The Bertz CT molecular complexity index is 538. The van der Waals surface area contributed by atoms with E-state index in [1.54, 1.807) is 0 Å². The van der Waals surface area contributed by atoms with Crippen molar-refractivity contribution in [2.75, 3.05) is 25.0 Å². The standard InChI is InChI=1S/C16H24N4S/c1-4-14-15(12-17-5-2)21-16(19-14)20(3)11-8-13-6-9-18-10-7-13/h6-7,9-10,17H,4-5,8,11-12H2,1-3H3. The van der Waals surface area contributed by atoms with Crippen molar-refractivity contribution in [3.05, 3.63) is 40.7 Å². The summed E-state index contributed by atoms with van der Waals surface area (Å²) in [6.07, 6.45) is 5.71. The van der Waals surface area contributed by atoms with Gasteiger partial charge in [-0.25, -0.2) is 4.98 Å². The molecule has 0 amide bonds. The lowest BCUT2D eigenvalue weighted by molar-refractivity contribution is 0.727. The largest absolute Gasteiger partial charge is 0.351 e. The van der Waals surface area contributed by atoms with Crippen LogP contribution in [0.2, 0.25) is 0 Å². The highest BCUT2D eigenvalue weighted by molar-refractivity contribution is 7.15. The second-order valence-corrected chi connectivity index (χ2v) is 6.09. The van der Waals surface area contributed by atoms with Crippen molar-refractivity contribution in [2.24, 2.45) is 0 Å². The predicted octanol–water partition coefficient (Wildman–Crippen LogP) is 2.89. The summed E-state index contributed by atoms with van der Waals surface area (Å²) in [6.45, 7) is 7.20. The van der Waals surface area contributed by atoms with Crippen molar-refractivity contribution in [3.63, 3.8) is 0 Å². The molecule has 0 aliphatic carbocycles. The van der Waals surface area contributed by atoms with E-state index in [1.165, 1.54) is 16.1 Å². The minimum absolute atomic E-state index is 0.926. The summed E-state index contributed by atoms with van der Waals surface area (Å²) in [5, 5.41) is 4.51. The van der Waals surface area contributed by atoms with E-state index < -0.39 is 0 Å². The van der Waals surface area contributed by atoms with Gasteiger partial charge in [-0.05, 0) is 37.1 Å². The van der Waals surface area contributed by atoms with Crippen molar-refractivity contribution >= 4 is 16.5 Å². The number of aromatic nitrogens is 2. The number of rotatable bonds is 8. The Labute approximate surface area is 131 Å². The van der Waals surface area contributed by atoms with Gasteiger partial charge in [-0.15, -0.1) is 11.3 Å². The highest BCUT2D eigenvalue weighted by Gasteiger charge is 2.12. The van der Waals surface area contributed by atoms with Crippen molar-refractivity contribution in [3.8, 4) is 0 Å². The molecule has 0 aliphatic heterocycles. The Balaban J connectivity index is 1.98. The molecule has 0 spiro atoms. The van der Waals surface area contributed by atoms with Crippen LogP contribution in [0.3, 0.4) is 0 Å². The monoisotopic (exact) mass is 304 g/mol. The second kappa shape index (κ2) is 8.10. The molecule has 1 N–H and O–H groups in total. The van der Waals surface area contributed by atoms with Crippen LogP contribution >= 0.6 is 11.3 Å². The third kappa shape index (κ3) is 4.51. The molecule has 21 heavy (non-hydrogen) atoms. The summed E-state index contributed by atoms with van der Waals surface area (Å²) in [6, 6.07) is 4.15. The molecule has 0 bridgehead atoms. The van der Waals surface area contributed by atoms with Gasteiger partial charge in [0.25, 0.3) is 0 Å². The van der Waals surface area contributed by atoms with Crippen molar-refractivity contribution < 1.29 is 0 Å². The molecule has 2 rings (SSSR count). The Morgan fingerprint density at radius 3 is 2.67 bits per heavy atom. The Hall–Kier alpha value is -1.46. The summed E-state index contributed by atoms with van der Waals surface area (Å²) >= 11 is 1.81. The summed E-state index contributed by atoms with van der Waals surface area (Å²) in [4.78, 5) is 12.5. The van der Waals surface area contributed by atoms with Gasteiger partial charge in [0, 0.05) is 37.4 Å². The topological polar surface area (TPSA) is 41.0 Å². The Kier molecular flexibility index (Phi) is 6.14. The molecule has 2 aromatic rings. The zero-order chi connectivity index (χ0) is 15.1. The van der Waals surface area contributed by atoms with Gasteiger partial charge in [-0.2, -0.15) is 0 Å². The first-order valence-electron chi connectivity index (χ1n) is 7.53. The van der Waals surface area contributed by atoms with Crippen LogP contribution in [0.1, 0.15) is 30.0 Å². The quantitative estimate of drug-likeness (QED) is 0.814. The first-order valence-corrected chi connectivity index (χ1v) is 8.35. The maximum atomic E-state index is 4.79. The Morgan fingerprint density at radius 1 is 1.24 bits per heavy atom. The molecule has 5 heteroatoms. The first kappa shape index (κ1) is 15.9. The third-order valence-electron chi connectivity index (χ3n) is 3.45. The second-order valence-electron chi connectivity index (χ2n) is 5.03. The van der Waals surface area contributed by atoms with E-state index in [0.717, 1.165) is 37.6 Å². The maximum absolute atomic E-state index is 4.79. The lowest BCUT2D eigenvalue weighted by Gasteiger charge is -2.15. The zero-order valence-corrected chi connectivity index (χ0v) is 13.9. The van der Waals surface area contributed by atoms with Crippen LogP contribution in [0.4, 0.5) is 5.13 Å². The number of pyridine rings is 1. The predicted molar refractivity (Wildman–Crippen MR) is 90.1 cm³/mol. The Morgan fingerprint density at radius 2 is 2.00 bits per heavy atom. The van der Waals surface area contributed by atoms with E-state index in [4.69, 9.17) is 4.98 Å². The van der Waals surface area contributed by atoms with Gasteiger partial charge >= 0.3 is 0 Å². The van der Waals surface area contributed by atoms with Gasteiger partial charge in [0.2, 0.25) is 0 Å². The zero-order valence-electron chi connectivity index (χ0n) is 13.1. The minimum atomic E-state index is 0.926. The molecule has 0 aliphatic rings. The average molecular weight is 304 g/mol. The van der Waals surface area contributed by atoms with Gasteiger partial charge in [0.15, 0.2) is 5.13 Å². The lowest BCUT2D eigenvalue weighted by atomic mass is 10.2. The summed E-state index contributed by atoms with van der Waals surface area (Å²) in [5.41, 5.74) is 2.55. The minimum Gasteiger partial charge on any atom is -0.351 e. The first-order chi connectivity index (χ1) is 10.2. The highest BCUT2D eigenvalue weighted by Crippen LogP contribution is 2.26. The number of likely N-dealkylation sites (N-methyl/N-ethyl adjacent to an activating group) is 1. The number of hydrogen-bond donors (Lipinski definition) is 1. The van der Waals surface area contributed by atoms with Gasteiger partial charge < -0.3 is 10.2 Å². The van der Waals surface area contributed by atoms with Crippen molar-refractivity contribution in [1.82, 2.24) is 15.3 Å². The molecule has 0 unspecified atom stereocenters. The third-order valence-corrected chi connectivity index (χ3v) is 4.66. The fourth-order valence-electron chi connectivity index (χ4n) is 2.13. The van der Waals surface area contributed by atoms with E-state index >= 15 is 0 Å². The number of nitrogens with one attached hydrogen (secondary N) is 1. The number of nitrogens with zero attached hydrogens (tertiary/aromatic N) is 3. The number of aryl methyl sites for hydroxylation is 1. The van der Waals surface area contributed by atoms with E-state index in [-0.39, 0.29) is 0 Å². The van der Waals surface area contributed by atoms with Crippen LogP contribution in [0, 0.1) is 0 Å². The van der Waals surface area contributed by atoms with E-state index in [0.29, 0.717) is 0 Å². The molecule has 0 saturated carbocycles. The number of hydrogen-bond acceptors (Lipinski definition) is 5. The van der Waals surface area contributed by atoms with Crippen LogP contribution in [0.15, 0.2) is 24.5 Å². The van der Waals surface area contributed by atoms with Gasteiger partial charge in [0.1, 0.15) is 0 Å². The van der Waals surface area contributed by atoms with Crippen LogP contribution in [-0.4, -0.2) is 30.1 Å². The molecule has 0 atom stereocenters. The molecule has 0 fully saturated rings. The van der Waals surface area contributed by atoms with E-state index in [1.807, 2.05) is 23.7 Å². The molecule has 0 radical (unpaired) electrons. The van der Waals surface area contributed by atoms with Crippen LogP contribution in [0.5, 0.6) is 0 Å². The normalized spacial score (nSPS) is 10.8. The average Bonchev–Trinajstić information content (AvgIpc) is 2.95. The lowest BCUT2D eigenvalue weighted by Crippen LogP contribution is -2.20. The fourth-order valence-corrected chi connectivity index (χ4v) is 3.23. The van der Waals surface area contributed by atoms with E-state index in [2.05, 4.69) is 48.2 Å². The smallest absolute Gasteiger partial charge is 0.185 e. The summed E-state index contributed by atoms with van der Waals surface area (Å²) < 4.78 is 0. The molecular formula is C16H24N4S. The van der Waals surface area contributed by atoms with Crippen molar-refractivity contribution in [1.29, 1.82) is 0 Å². The fraction of sp³-hybridized carbons (Fsp3) is 0.500. The SMILES string of the molecule is CCNCc1sc(N(C)CCc2ccncc2)nc1CC. The highest BCUT2D eigenvalue weighted by atomic mass is 32.1. The van der Waals surface area contributed by atoms with Crippen LogP contribution in [-0.2, 0) is 19.4 Å². The summed E-state index contributed by atoms with van der Waals surface area (Å²) in [7, 11) is 2.12. The van der Waals surface area contributed by atoms with Crippen LogP contribution < -0.4 is 10.2 Å². The molecule has 114 valence electrons. The number of anilines is 1. The molecule has 0 saturated heterocycles. The molecule has 2 heterocycles. The molecule has 0 aromatic carbocycles. The maximum Gasteiger partial charge on any atom is 0.185 e. The van der Waals surface area contributed by atoms with E-state index in [9.17, 15) is 0 Å². The molecular weight excluding hydrogens is 280 g/mol.